The van der Waals surface area contributed by atoms with E-state index in [0.717, 1.165) is 38.8 Å². The number of hydrogen-bond donors (Lipinski definition) is 1. The minimum absolute atomic E-state index is 0.204. The summed E-state index contributed by atoms with van der Waals surface area (Å²) in [5.41, 5.74) is 0. The molecule has 0 aromatic rings. The van der Waals surface area contributed by atoms with Crippen LogP contribution in [0, 0.1) is 5.92 Å². The van der Waals surface area contributed by atoms with Crippen molar-refractivity contribution in [1.29, 1.82) is 0 Å². The standard InChI is InChI=1S/C12H21NO2/c14-12-10(5-1-3-7-13-12)9-11-6-2-4-8-15-11/h10-11H,1-9H2,(H,13,14). The summed E-state index contributed by atoms with van der Waals surface area (Å²) in [7, 11) is 0. The van der Waals surface area contributed by atoms with Gasteiger partial charge in [0, 0.05) is 19.1 Å². The summed E-state index contributed by atoms with van der Waals surface area (Å²) in [4.78, 5) is 11.7. The van der Waals surface area contributed by atoms with Crippen LogP contribution in [0.1, 0.15) is 44.9 Å². The van der Waals surface area contributed by atoms with E-state index in [4.69, 9.17) is 4.74 Å². The first kappa shape index (κ1) is 10.9. The van der Waals surface area contributed by atoms with Crippen molar-refractivity contribution in [2.45, 2.75) is 51.0 Å². The first-order chi connectivity index (χ1) is 7.36. The van der Waals surface area contributed by atoms with Crippen molar-refractivity contribution in [2.75, 3.05) is 13.2 Å². The zero-order valence-corrected chi connectivity index (χ0v) is 9.34. The third-order valence-electron chi connectivity index (χ3n) is 3.47. The zero-order chi connectivity index (χ0) is 10.5. The Balaban J connectivity index is 1.82. The molecule has 2 heterocycles. The van der Waals surface area contributed by atoms with Crippen LogP contribution >= 0.6 is 0 Å². The van der Waals surface area contributed by atoms with Crippen LogP contribution in [0.3, 0.4) is 0 Å². The van der Waals surface area contributed by atoms with Crippen LogP contribution in [0.5, 0.6) is 0 Å². The minimum atomic E-state index is 0.204. The fraction of sp³-hybridized carbons (Fsp3) is 0.917. The lowest BCUT2D eigenvalue weighted by atomic mass is 9.93. The van der Waals surface area contributed by atoms with E-state index < -0.39 is 0 Å². The summed E-state index contributed by atoms with van der Waals surface area (Å²) in [5, 5.41) is 2.99. The van der Waals surface area contributed by atoms with Crippen LogP contribution in [0.4, 0.5) is 0 Å². The molecule has 3 heteroatoms. The molecular formula is C12H21NO2. The molecule has 0 bridgehead atoms. The summed E-state index contributed by atoms with van der Waals surface area (Å²) in [6, 6.07) is 0. The first-order valence-electron chi connectivity index (χ1n) is 6.25. The van der Waals surface area contributed by atoms with Crippen LogP contribution in [0.2, 0.25) is 0 Å². The maximum atomic E-state index is 11.7. The maximum Gasteiger partial charge on any atom is 0.223 e. The van der Waals surface area contributed by atoms with Crippen molar-refractivity contribution in [1.82, 2.24) is 5.32 Å². The number of ether oxygens (including phenoxy) is 1. The molecule has 3 nitrogen and oxygen atoms in total. The predicted molar refractivity (Wildman–Crippen MR) is 58.6 cm³/mol. The Labute approximate surface area is 91.6 Å². The summed E-state index contributed by atoms with van der Waals surface area (Å²) in [6.45, 7) is 1.75. The van der Waals surface area contributed by atoms with Crippen molar-refractivity contribution < 1.29 is 9.53 Å². The molecule has 2 aliphatic heterocycles. The van der Waals surface area contributed by atoms with Gasteiger partial charge in [-0.2, -0.15) is 0 Å². The molecule has 0 aromatic heterocycles. The molecule has 2 fully saturated rings. The Morgan fingerprint density at radius 1 is 1.20 bits per heavy atom. The first-order valence-corrected chi connectivity index (χ1v) is 6.25. The summed E-state index contributed by atoms with van der Waals surface area (Å²) in [5.74, 6) is 0.456. The second-order valence-electron chi connectivity index (χ2n) is 4.71. The summed E-state index contributed by atoms with van der Waals surface area (Å²) >= 11 is 0. The normalized spacial score (nSPS) is 33.2. The predicted octanol–water partition coefficient (Wildman–Crippen LogP) is 1.86. The van der Waals surface area contributed by atoms with Crippen LogP contribution in [0.25, 0.3) is 0 Å². The van der Waals surface area contributed by atoms with Gasteiger partial charge in [-0.1, -0.05) is 6.42 Å². The number of carbonyl (C=O) groups excluding carboxylic acids is 1. The van der Waals surface area contributed by atoms with Crippen LogP contribution in [0.15, 0.2) is 0 Å². The fourth-order valence-electron chi connectivity index (χ4n) is 2.54. The average molecular weight is 211 g/mol. The van der Waals surface area contributed by atoms with Gasteiger partial charge in [-0.3, -0.25) is 4.79 Å². The topological polar surface area (TPSA) is 38.3 Å². The van der Waals surface area contributed by atoms with E-state index in [-0.39, 0.29) is 11.8 Å². The molecule has 0 radical (unpaired) electrons. The minimum Gasteiger partial charge on any atom is -0.378 e. The fourth-order valence-corrected chi connectivity index (χ4v) is 2.54. The molecule has 2 unspecified atom stereocenters. The Bertz CT molecular complexity index is 212. The van der Waals surface area contributed by atoms with Gasteiger partial charge in [-0.25, -0.2) is 0 Å². The maximum absolute atomic E-state index is 11.7. The van der Waals surface area contributed by atoms with E-state index >= 15 is 0 Å². The lowest BCUT2D eigenvalue weighted by Crippen LogP contribution is -2.32. The van der Waals surface area contributed by atoms with Gasteiger partial charge in [0.1, 0.15) is 0 Å². The molecule has 15 heavy (non-hydrogen) atoms. The lowest BCUT2D eigenvalue weighted by molar-refractivity contribution is -0.126. The quantitative estimate of drug-likeness (QED) is 0.757. The van der Waals surface area contributed by atoms with Crippen molar-refractivity contribution in [3.8, 4) is 0 Å². The third-order valence-corrected chi connectivity index (χ3v) is 3.47. The number of carbonyl (C=O) groups is 1. The molecule has 0 spiro atoms. The van der Waals surface area contributed by atoms with E-state index in [0.29, 0.717) is 6.10 Å². The highest BCUT2D eigenvalue weighted by molar-refractivity contribution is 5.78. The van der Waals surface area contributed by atoms with Gasteiger partial charge >= 0.3 is 0 Å². The van der Waals surface area contributed by atoms with Gasteiger partial charge in [-0.15, -0.1) is 0 Å². The highest BCUT2D eigenvalue weighted by atomic mass is 16.5. The molecule has 86 valence electrons. The molecule has 2 atom stereocenters. The summed E-state index contributed by atoms with van der Waals surface area (Å²) < 4.78 is 5.69. The molecule has 2 rings (SSSR count). The smallest absolute Gasteiger partial charge is 0.223 e. The van der Waals surface area contributed by atoms with Gasteiger partial charge in [0.05, 0.1) is 6.10 Å². The van der Waals surface area contributed by atoms with Crippen molar-refractivity contribution in [3.05, 3.63) is 0 Å². The average Bonchev–Trinajstić information content (AvgIpc) is 2.46. The van der Waals surface area contributed by atoms with Crippen molar-refractivity contribution in [2.24, 2.45) is 5.92 Å². The van der Waals surface area contributed by atoms with E-state index in [9.17, 15) is 4.79 Å². The lowest BCUT2D eigenvalue weighted by Gasteiger charge is -2.25. The molecule has 0 saturated carbocycles. The molecule has 1 N–H and O–H groups in total. The van der Waals surface area contributed by atoms with E-state index in [1.807, 2.05) is 0 Å². The third kappa shape index (κ3) is 3.20. The van der Waals surface area contributed by atoms with Gasteiger partial charge in [0.2, 0.25) is 5.91 Å². The second kappa shape index (κ2) is 5.50. The van der Waals surface area contributed by atoms with E-state index in [1.165, 1.54) is 19.3 Å². The second-order valence-corrected chi connectivity index (χ2v) is 4.71. The van der Waals surface area contributed by atoms with Gasteiger partial charge in [0.15, 0.2) is 0 Å². The molecule has 2 aliphatic rings. The van der Waals surface area contributed by atoms with E-state index in [1.54, 1.807) is 0 Å². The van der Waals surface area contributed by atoms with Crippen LogP contribution in [-0.2, 0) is 9.53 Å². The Morgan fingerprint density at radius 2 is 2.07 bits per heavy atom. The largest absolute Gasteiger partial charge is 0.378 e. The van der Waals surface area contributed by atoms with Gasteiger partial charge < -0.3 is 10.1 Å². The van der Waals surface area contributed by atoms with E-state index in [2.05, 4.69) is 5.32 Å². The molecular weight excluding hydrogens is 190 g/mol. The number of nitrogens with one attached hydrogen (secondary N) is 1. The van der Waals surface area contributed by atoms with Crippen LogP contribution < -0.4 is 5.32 Å². The Kier molecular flexibility index (Phi) is 4.01. The van der Waals surface area contributed by atoms with Gasteiger partial charge in [0.25, 0.3) is 0 Å². The molecule has 1 amide bonds. The zero-order valence-electron chi connectivity index (χ0n) is 9.34. The van der Waals surface area contributed by atoms with Gasteiger partial charge in [-0.05, 0) is 38.5 Å². The molecule has 2 saturated heterocycles. The number of amides is 1. The highest BCUT2D eigenvalue weighted by Crippen LogP contribution is 2.24. The van der Waals surface area contributed by atoms with Crippen molar-refractivity contribution >= 4 is 5.91 Å². The Morgan fingerprint density at radius 3 is 2.87 bits per heavy atom. The van der Waals surface area contributed by atoms with Crippen molar-refractivity contribution in [3.63, 3.8) is 0 Å². The molecule has 0 aromatic carbocycles. The summed E-state index contributed by atoms with van der Waals surface area (Å²) in [6.07, 6.45) is 8.23. The molecule has 0 aliphatic carbocycles. The monoisotopic (exact) mass is 211 g/mol. The number of rotatable bonds is 2. The highest BCUT2D eigenvalue weighted by Gasteiger charge is 2.25. The van der Waals surface area contributed by atoms with Crippen LogP contribution in [-0.4, -0.2) is 25.2 Å². The SMILES string of the molecule is O=C1NCCCCC1CC1CCCCO1. The Hall–Kier alpha value is -0.570. The number of hydrogen-bond acceptors (Lipinski definition) is 2.